The summed E-state index contributed by atoms with van der Waals surface area (Å²) in [4.78, 5) is 12.4. The molecule has 3 heteroatoms. The number of rotatable bonds is 3. The molecule has 0 aromatic heterocycles. The van der Waals surface area contributed by atoms with Crippen LogP contribution in [0.5, 0.6) is 0 Å². The summed E-state index contributed by atoms with van der Waals surface area (Å²) in [6.07, 6.45) is 2.03. The Balaban J connectivity index is 2.37. The Hall–Kier alpha value is -0.410. The number of hydrogen-bond acceptors (Lipinski definition) is 3. The Morgan fingerprint density at radius 3 is 3.18 bits per heavy atom. The standard InChI is InChI=1S/C8H15NO2/c1-2-8-7-11-6-4-9(8)3-5-10/h5,8H,2-4,6-7H2,1H3. The van der Waals surface area contributed by atoms with Crippen molar-refractivity contribution in [3.63, 3.8) is 0 Å². The largest absolute Gasteiger partial charge is 0.378 e. The number of aldehydes is 1. The SMILES string of the molecule is CCC1COCCN1CC=O. The molecule has 1 atom stereocenters. The van der Waals surface area contributed by atoms with Crippen LogP contribution in [0.4, 0.5) is 0 Å². The Morgan fingerprint density at radius 1 is 1.73 bits per heavy atom. The third kappa shape index (κ3) is 2.27. The minimum Gasteiger partial charge on any atom is -0.378 e. The van der Waals surface area contributed by atoms with Gasteiger partial charge in [0.25, 0.3) is 0 Å². The molecule has 3 nitrogen and oxygen atoms in total. The van der Waals surface area contributed by atoms with Crippen molar-refractivity contribution in [2.45, 2.75) is 19.4 Å². The molecule has 1 rings (SSSR count). The number of ether oxygens (including phenoxy) is 1. The lowest BCUT2D eigenvalue weighted by Gasteiger charge is -2.33. The normalized spacial score (nSPS) is 26.8. The highest BCUT2D eigenvalue weighted by Gasteiger charge is 2.19. The lowest BCUT2D eigenvalue weighted by atomic mass is 10.2. The molecule has 11 heavy (non-hydrogen) atoms. The fourth-order valence-electron chi connectivity index (χ4n) is 1.40. The Bertz CT molecular complexity index is 127. The summed E-state index contributed by atoms with van der Waals surface area (Å²) in [5.41, 5.74) is 0. The molecule has 1 saturated heterocycles. The van der Waals surface area contributed by atoms with Gasteiger partial charge in [-0.3, -0.25) is 4.90 Å². The van der Waals surface area contributed by atoms with E-state index in [-0.39, 0.29) is 0 Å². The highest BCUT2D eigenvalue weighted by Crippen LogP contribution is 2.08. The molecular formula is C8H15NO2. The topological polar surface area (TPSA) is 29.5 Å². The fraction of sp³-hybridized carbons (Fsp3) is 0.875. The van der Waals surface area contributed by atoms with E-state index >= 15 is 0 Å². The van der Waals surface area contributed by atoms with Crippen LogP contribution in [0.1, 0.15) is 13.3 Å². The van der Waals surface area contributed by atoms with E-state index in [4.69, 9.17) is 4.74 Å². The van der Waals surface area contributed by atoms with Gasteiger partial charge in [-0.05, 0) is 6.42 Å². The minimum atomic E-state index is 0.453. The molecule has 0 saturated carbocycles. The molecule has 0 N–H and O–H groups in total. The van der Waals surface area contributed by atoms with E-state index in [0.717, 1.165) is 32.5 Å². The first-order valence-electron chi connectivity index (χ1n) is 4.14. The van der Waals surface area contributed by atoms with Gasteiger partial charge in [-0.2, -0.15) is 0 Å². The van der Waals surface area contributed by atoms with E-state index in [1.54, 1.807) is 0 Å². The molecule has 0 radical (unpaired) electrons. The number of hydrogen-bond donors (Lipinski definition) is 0. The van der Waals surface area contributed by atoms with Crippen LogP contribution >= 0.6 is 0 Å². The maximum absolute atomic E-state index is 10.3. The maximum Gasteiger partial charge on any atom is 0.133 e. The van der Waals surface area contributed by atoms with Gasteiger partial charge in [-0.15, -0.1) is 0 Å². The zero-order valence-corrected chi connectivity index (χ0v) is 6.95. The Kier molecular flexibility index (Phi) is 3.52. The van der Waals surface area contributed by atoms with Gasteiger partial charge >= 0.3 is 0 Å². The Morgan fingerprint density at radius 2 is 2.55 bits per heavy atom. The van der Waals surface area contributed by atoms with Crippen LogP contribution in [0.3, 0.4) is 0 Å². The van der Waals surface area contributed by atoms with Crippen LogP contribution < -0.4 is 0 Å². The second-order valence-electron chi connectivity index (χ2n) is 2.80. The van der Waals surface area contributed by atoms with Crippen molar-refractivity contribution in [1.29, 1.82) is 0 Å². The van der Waals surface area contributed by atoms with Crippen molar-refractivity contribution in [2.24, 2.45) is 0 Å². The number of morpholine rings is 1. The van der Waals surface area contributed by atoms with Gasteiger partial charge in [0.1, 0.15) is 6.29 Å². The molecule has 0 aromatic rings. The van der Waals surface area contributed by atoms with Crippen LogP contribution in [0.25, 0.3) is 0 Å². The van der Waals surface area contributed by atoms with Gasteiger partial charge in [0, 0.05) is 12.6 Å². The smallest absolute Gasteiger partial charge is 0.133 e. The van der Waals surface area contributed by atoms with E-state index in [1.807, 2.05) is 0 Å². The van der Waals surface area contributed by atoms with Gasteiger partial charge < -0.3 is 9.53 Å². The first kappa shape index (κ1) is 8.68. The zero-order valence-electron chi connectivity index (χ0n) is 6.95. The van der Waals surface area contributed by atoms with Gasteiger partial charge in [0.15, 0.2) is 0 Å². The average molecular weight is 157 g/mol. The van der Waals surface area contributed by atoms with Gasteiger partial charge in [0.05, 0.1) is 19.8 Å². The van der Waals surface area contributed by atoms with Gasteiger partial charge in [0.2, 0.25) is 0 Å². The summed E-state index contributed by atoms with van der Waals surface area (Å²) < 4.78 is 5.29. The van der Waals surface area contributed by atoms with Crippen molar-refractivity contribution in [3.05, 3.63) is 0 Å². The fourth-order valence-corrected chi connectivity index (χ4v) is 1.40. The Labute approximate surface area is 67.3 Å². The van der Waals surface area contributed by atoms with Crippen molar-refractivity contribution in [2.75, 3.05) is 26.3 Å². The highest BCUT2D eigenvalue weighted by atomic mass is 16.5. The van der Waals surface area contributed by atoms with Crippen molar-refractivity contribution >= 4 is 6.29 Å². The maximum atomic E-state index is 10.3. The molecule has 0 aliphatic carbocycles. The van der Waals surface area contributed by atoms with E-state index < -0.39 is 0 Å². The first-order chi connectivity index (χ1) is 5.38. The third-order valence-electron chi connectivity index (χ3n) is 2.13. The molecular weight excluding hydrogens is 142 g/mol. The first-order valence-corrected chi connectivity index (χ1v) is 4.14. The average Bonchev–Trinajstić information content (AvgIpc) is 2.06. The molecule has 0 amide bonds. The van der Waals surface area contributed by atoms with Crippen LogP contribution in [0, 0.1) is 0 Å². The molecule has 0 aromatic carbocycles. The third-order valence-corrected chi connectivity index (χ3v) is 2.13. The zero-order chi connectivity index (χ0) is 8.10. The quantitative estimate of drug-likeness (QED) is 0.552. The van der Waals surface area contributed by atoms with Crippen LogP contribution in [-0.2, 0) is 9.53 Å². The molecule has 0 bridgehead atoms. The molecule has 1 fully saturated rings. The predicted octanol–water partition coefficient (Wildman–Crippen LogP) is 0.296. The highest BCUT2D eigenvalue weighted by molar-refractivity contribution is 5.52. The molecule has 1 aliphatic heterocycles. The van der Waals surface area contributed by atoms with Gasteiger partial charge in [-0.1, -0.05) is 6.92 Å². The summed E-state index contributed by atoms with van der Waals surface area (Å²) in [6, 6.07) is 0.453. The number of carbonyl (C=O) groups excluding carboxylic acids is 1. The van der Waals surface area contributed by atoms with Crippen molar-refractivity contribution in [1.82, 2.24) is 4.90 Å². The lowest BCUT2D eigenvalue weighted by molar-refractivity contribution is -0.111. The van der Waals surface area contributed by atoms with Crippen molar-refractivity contribution < 1.29 is 9.53 Å². The minimum absolute atomic E-state index is 0.453. The summed E-state index contributed by atoms with van der Waals surface area (Å²) >= 11 is 0. The summed E-state index contributed by atoms with van der Waals surface area (Å²) in [6.45, 7) is 5.13. The van der Waals surface area contributed by atoms with Crippen molar-refractivity contribution in [3.8, 4) is 0 Å². The molecule has 1 heterocycles. The van der Waals surface area contributed by atoms with Gasteiger partial charge in [-0.25, -0.2) is 0 Å². The predicted molar refractivity (Wildman–Crippen MR) is 42.5 cm³/mol. The van der Waals surface area contributed by atoms with Crippen LogP contribution in [0.15, 0.2) is 0 Å². The van der Waals surface area contributed by atoms with E-state index in [9.17, 15) is 4.79 Å². The summed E-state index contributed by atoms with van der Waals surface area (Å²) in [7, 11) is 0. The lowest BCUT2D eigenvalue weighted by Crippen LogP contribution is -2.45. The van der Waals surface area contributed by atoms with E-state index in [0.29, 0.717) is 12.6 Å². The molecule has 0 spiro atoms. The second-order valence-corrected chi connectivity index (χ2v) is 2.80. The second kappa shape index (κ2) is 4.46. The number of nitrogens with zero attached hydrogens (tertiary/aromatic N) is 1. The van der Waals surface area contributed by atoms with Crippen LogP contribution in [0.2, 0.25) is 0 Å². The molecule has 1 unspecified atom stereocenters. The van der Waals surface area contributed by atoms with E-state index in [2.05, 4.69) is 11.8 Å². The molecule has 64 valence electrons. The van der Waals surface area contributed by atoms with E-state index in [1.165, 1.54) is 0 Å². The summed E-state index contributed by atoms with van der Waals surface area (Å²) in [5, 5.41) is 0. The molecule has 1 aliphatic rings. The monoisotopic (exact) mass is 157 g/mol. The number of carbonyl (C=O) groups is 1. The summed E-state index contributed by atoms with van der Waals surface area (Å²) in [5.74, 6) is 0. The van der Waals surface area contributed by atoms with Crippen LogP contribution in [-0.4, -0.2) is 43.5 Å².